The second-order valence-corrected chi connectivity index (χ2v) is 8.61. The van der Waals surface area contributed by atoms with Gasteiger partial charge in [0.25, 0.3) is 11.5 Å². The van der Waals surface area contributed by atoms with Crippen LogP contribution in [0.2, 0.25) is 0 Å². The fourth-order valence-corrected chi connectivity index (χ4v) is 4.92. The number of benzene rings is 1. The maximum atomic E-state index is 13.3. The summed E-state index contributed by atoms with van der Waals surface area (Å²) in [4.78, 5) is 31.1. The molecule has 32 heavy (non-hydrogen) atoms. The molecule has 3 heterocycles. The molecular formula is C26H33N3O3. The Morgan fingerprint density at radius 2 is 1.94 bits per heavy atom. The van der Waals surface area contributed by atoms with Crippen molar-refractivity contribution in [2.45, 2.75) is 58.5 Å². The van der Waals surface area contributed by atoms with E-state index in [4.69, 9.17) is 4.74 Å². The molecule has 1 aromatic heterocycles. The van der Waals surface area contributed by atoms with Crippen molar-refractivity contribution >= 4 is 11.6 Å². The Bertz CT molecular complexity index is 1050. The van der Waals surface area contributed by atoms with Gasteiger partial charge in [0, 0.05) is 54.9 Å². The standard InChI is InChI=1S/C26H33N3O3/c1-3-29(20-12-14-32-15-13-20)24-11-7-10-22-21(24)9-6-4-5-8-19-16-18(2)28-26(31)23(19)17-27-25(22)30/h4,6-7,10-11,16,20H,3,5,8-9,12-15,17H2,1-2H3,(H,27,30)(H,28,31)/b6-4-. The summed E-state index contributed by atoms with van der Waals surface area (Å²) in [5.74, 6) is -0.134. The normalized spacial score (nSPS) is 18.5. The highest BCUT2D eigenvalue weighted by atomic mass is 16.5. The summed E-state index contributed by atoms with van der Waals surface area (Å²) >= 11 is 0. The third-order valence-corrected chi connectivity index (χ3v) is 6.54. The highest BCUT2D eigenvalue weighted by Crippen LogP contribution is 2.30. The van der Waals surface area contributed by atoms with E-state index in [1.807, 2.05) is 25.1 Å². The molecule has 2 aliphatic heterocycles. The highest BCUT2D eigenvalue weighted by molar-refractivity contribution is 5.97. The minimum atomic E-state index is -0.134. The van der Waals surface area contributed by atoms with Crippen LogP contribution in [0.4, 0.5) is 5.69 Å². The summed E-state index contributed by atoms with van der Waals surface area (Å²) in [5, 5.41) is 3.02. The van der Waals surface area contributed by atoms with Crippen molar-refractivity contribution in [3.63, 3.8) is 0 Å². The first-order valence-electron chi connectivity index (χ1n) is 11.7. The van der Waals surface area contributed by atoms with Crippen LogP contribution in [0.25, 0.3) is 0 Å². The van der Waals surface area contributed by atoms with Gasteiger partial charge in [-0.1, -0.05) is 18.2 Å². The van der Waals surface area contributed by atoms with Gasteiger partial charge in [-0.3, -0.25) is 9.59 Å². The fourth-order valence-electron chi connectivity index (χ4n) is 4.92. The lowest BCUT2D eigenvalue weighted by Gasteiger charge is -2.37. The van der Waals surface area contributed by atoms with E-state index in [0.29, 0.717) is 23.6 Å². The second kappa shape index (κ2) is 10.2. The number of carbonyl (C=O) groups is 1. The minimum Gasteiger partial charge on any atom is -0.381 e. The Morgan fingerprint density at radius 3 is 2.72 bits per heavy atom. The fraction of sp³-hybridized carbons (Fsp3) is 0.462. The lowest BCUT2D eigenvalue weighted by molar-refractivity contribution is 0.0845. The van der Waals surface area contributed by atoms with Gasteiger partial charge in [0.2, 0.25) is 0 Å². The van der Waals surface area contributed by atoms with E-state index in [-0.39, 0.29) is 18.0 Å². The molecular weight excluding hydrogens is 402 g/mol. The van der Waals surface area contributed by atoms with Gasteiger partial charge in [-0.2, -0.15) is 0 Å². The van der Waals surface area contributed by atoms with Crippen molar-refractivity contribution in [2.24, 2.45) is 0 Å². The van der Waals surface area contributed by atoms with E-state index in [1.54, 1.807) is 0 Å². The molecule has 170 valence electrons. The summed E-state index contributed by atoms with van der Waals surface area (Å²) in [6.07, 6.45) is 8.68. The number of ether oxygens (including phenoxy) is 1. The van der Waals surface area contributed by atoms with Crippen molar-refractivity contribution in [2.75, 3.05) is 24.7 Å². The number of anilines is 1. The van der Waals surface area contributed by atoms with Gasteiger partial charge >= 0.3 is 0 Å². The van der Waals surface area contributed by atoms with Crippen LogP contribution in [0.1, 0.15) is 58.9 Å². The van der Waals surface area contributed by atoms with Gasteiger partial charge in [-0.25, -0.2) is 0 Å². The lowest BCUT2D eigenvalue weighted by Crippen LogP contribution is -2.40. The molecule has 0 unspecified atom stereocenters. The van der Waals surface area contributed by atoms with E-state index in [9.17, 15) is 9.59 Å². The molecule has 1 aromatic carbocycles. The van der Waals surface area contributed by atoms with Crippen LogP contribution >= 0.6 is 0 Å². The van der Waals surface area contributed by atoms with Crippen LogP contribution in [-0.2, 0) is 24.1 Å². The summed E-state index contributed by atoms with van der Waals surface area (Å²) in [6.45, 7) is 6.74. The topological polar surface area (TPSA) is 74.4 Å². The number of pyridine rings is 1. The van der Waals surface area contributed by atoms with E-state index < -0.39 is 0 Å². The summed E-state index contributed by atoms with van der Waals surface area (Å²) in [6, 6.07) is 8.43. The van der Waals surface area contributed by atoms with Crippen molar-refractivity contribution < 1.29 is 9.53 Å². The smallest absolute Gasteiger partial charge is 0.253 e. The van der Waals surface area contributed by atoms with Crippen LogP contribution in [0.15, 0.2) is 41.2 Å². The second-order valence-electron chi connectivity index (χ2n) is 8.61. The Hall–Kier alpha value is -2.86. The Kier molecular flexibility index (Phi) is 7.10. The molecule has 0 saturated carbocycles. The molecule has 6 nitrogen and oxygen atoms in total. The van der Waals surface area contributed by atoms with Crippen LogP contribution in [0.5, 0.6) is 0 Å². The first-order chi connectivity index (χ1) is 15.6. The average Bonchev–Trinajstić information content (AvgIpc) is 2.79. The predicted octanol–water partition coefficient (Wildman–Crippen LogP) is 3.66. The van der Waals surface area contributed by atoms with Gasteiger partial charge in [0.15, 0.2) is 0 Å². The molecule has 0 aliphatic carbocycles. The van der Waals surface area contributed by atoms with Gasteiger partial charge in [-0.05, 0) is 75.3 Å². The number of nitrogens with zero attached hydrogens (tertiary/aromatic N) is 1. The maximum Gasteiger partial charge on any atom is 0.253 e. The highest BCUT2D eigenvalue weighted by Gasteiger charge is 2.25. The lowest BCUT2D eigenvalue weighted by atomic mass is 9.96. The Morgan fingerprint density at radius 1 is 1.12 bits per heavy atom. The minimum absolute atomic E-state index is 0.119. The molecule has 0 spiro atoms. The first-order valence-corrected chi connectivity index (χ1v) is 11.7. The number of hydrogen-bond donors (Lipinski definition) is 2. The summed E-state index contributed by atoms with van der Waals surface area (Å²) in [7, 11) is 0. The summed E-state index contributed by atoms with van der Waals surface area (Å²) < 4.78 is 5.57. The number of hydrogen-bond acceptors (Lipinski definition) is 4. The van der Waals surface area contributed by atoms with Crippen molar-refractivity contribution in [3.05, 3.63) is 74.7 Å². The molecule has 1 saturated heterocycles. The van der Waals surface area contributed by atoms with Crippen molar-refractivity contribution in [3.8, 4) is 0 Å². The van der Waals surface area contributed by atoms with Gasteiger partial charge in [0.05, 0.1) is 0 Å². The number of amides is 1. The zero-order valence-electron chi connectivity index (χ0n) is 19.1. The van der Waals surface area contributed by atoms with E-state index in [2.05, 4.69) is 40.3 Å². The van der Waals surface area contributed by atoms with E-state index in [1.165, 1.54) is 0 Å². The number of aromatic nitrogens is 1. The van der Waals surface area contributed by atoms with Crippen LogP contribution < -0.4 is 15.8 Å². The number of carbonyl (C=O) groups excluding carboxylic acids is 1. The third kappa shape index (κ3) is 4.80. The predicted molar refractivity (Wildman–Crippen MR) is 127 cm³/mol. The van der Waals surface area contributed by atoms with Gasteiger partial charge in [0.1, 0.15) is 0 Å². The number of fused-ring (bicyclic) bond motifs is 2. The molecule has 0 bridgehead atoms. The molecule has 2 N–H and O–H groups in total. The largest absolute Gasteiger partial charge is 0.381 e. The Labute approximate surface area is 189 Å². The van der Waals surface area contributed by atoms with Gasteiger partial charge in [-0.15, -0.1) is 0 Å². The van der Waals surface area contributed by atoms with Gasteiger partial charge < -0.3 is 19.9 Å². The third-order valence-electron chi connectivity index (χ3n) is 6.54. The molecule has 0 radical (unpaired) electrons. The van der Waals surface area contributed by atoms with Crippen LogP contribution in [-0.4, -0.2) is 36.7 Å². The number of aromatic amines is 1. The molecule has 2 aliphatic rings. The molecule has 1 amide bonds. The van der Waals surface area contributed by atoms with E-state index >= 15 is 0 Å². The zero-order valence-corrected chi connectivity index (χ0v) is 19.1. The number of H-pyrrole nitrogens is 1. The SMILES string of the molecule is CCN(c1cccc2c1C/C=C\CCc1cc(C)[nH]c(=O)c1CNC2=O)C1CCOCC1. The number of nitrogens with one attached hydrogen (secondary N) is 2. The monoisotopic (exact) mass is 435 g/mol. The number of rotatable bonds is 3. The molecule has 6 heteroatoms. The molecule has 0 atom stereocenters. The van der Waals surface area contributed by atoms with Crippen molar-refractivity contribution in [1.82, 2.24) is 10.3 Å². The molecule has 4 rings (SSSR count). The summed E-state index contributed by atoms with van der Waals surface area (Å²) in [5.41, 5.74) is 5.24. The zero-order chi connectivity index (χ0) is 22.5. The van der Waals surface area contributed by atoms with Crippen LogP contribution in [0, 0.1) is 6.92 Å². The maximum absolute atomic E-state index is 13.3. The van der Waals surface area contributed by atoms with Crippen molar-refractivity contribution in [1.29, 1.82) is 0 Å². The molecule has 2 aromatic rings. The molecule has 1 fully saturated rings. The number of allylic oxidation sites excluding steroid dienone is 2. The average molecular weight is 436 g/mol. The number of aryl methyl sites for hydroxylation is 2. The van der Waals surface area contributed by atoms with E-state index in [0.717, 1.165) is 68.0 Å². The van der Waals surface area contributed by atoms with Crippen LogP contribution in [0.3, 0.4) is 0 Å². The first kappa shape index (κ1) is 22.3. The quantitative estimate of drug-likeness (QED) is 0.722. The Balaban J connectivity index is 1.70.